The van der Waals surface area contributed by atoms with Gasteiger partial charge < -0.3 is 10.6 Å². The summed E-state index contributed by atoms with van der Waals surface area (Å²) in [7, 11) is 1.62. The number of carbonyl (C=O) groups is 1. The lowest BCUT2D eigenvalue weighted by atomic mass is 10.1. The lowest BCUT2D eigenvalue weighted by Crippen LogP contribution is -2.18. The van der Waals surface area contributed by atoms with Gasteiger partial charge >= 0.3 is 0 Å². The van der Waals surface area contributed by atoms with E-state index < -0.39 is 0 Å². The zero-order valence-corrected chi connectivity index (χ0v) is 13.1. The van der Waals surface area contributed by atoms with Gasteiger partial charge in [-0.2, -0.15) is 0 Å². The molecule has 3 nitrogen and oxygen atoms in total. The van der Waals surface area contributed by atoms with Gasteiger partial charge in [0.25, 0.3) is 5.91 Å². The second kappa shape index (κ2) is 7.46. The van der Waals surface area contributed by atoms with E-state index in [0.29, 0.717) is 28.7 Å². The maximum absolute atomic E-state index is 11.4. The Balaban J connectivity index is 1.88. The molecule has 0 saturated carbocycles. The van der Waals surface area contributed by atoms with E-state index in [-0.39, 0.29) is 5.91 Å². The van der Waals surface area contributed by atoms with Crippen molar-refractivity contribution in [2.45, 2.75) is 13.1 Å². The summed E-state index contributed by atoms with van der Waals surface area (Å²) < 4.78 is 0. The molecule has 0 spiro atoms. The van der Waals surface area contributed by atoms with Crippen LogP contribution in [0.4, 0.5) is 0 Å². The Morgan fingerprint density at radius 1 is 0.952 bits per heavy atom. The zero-order valence-electron chi connectivity index (χ0n) is 11.6. The summed E-state index contributed by atoms with van der Waals surface area (Å²) in [6, 6.07) is 13.1. The van der Waals surface area contributed by atoms with E-state index in [9.17, 15) is 4.79 Å². The Bertz CT molecular complexity index is 627. The fraction of sp³-hybridized carbons (Fsp3) is 0.188. The number of halogens is 2. The van der Waals surface area contributed by atoms with Crippen LogP contribution < -0.4 is 10.6 Å². The van der Waals surface area contributed by atoms with Gasteiger partial charge in [0.05, 0.1) is 10.0 Å². The molecular weight excluding hydrogens is 307 g/mol. The summed E-state index contributed by atoms with van der Waals surface area (Å²) in [5.74, 6) is -0.0784. The molecule has 0 unspecified atom stereocenters. The zero-order chi connectivity index (χ0) is 15.2. The third-order valence-corrected chi connectivity index (χ3v) is 3.82. The number of benzene rings is 2. The lowest BCUT2D eigenvalue weighted by molar-refractivity contribution is 0.0963. The number of hydrogen-bond acceptors (Lipinski definition) is 2. The molecule has 21 heavy (non-hydrogen) atoms. The molecule has 110 valence electrons. The van der Waals surface area contributed by atoms with E-state index in [2.05, 4.69) is 10.6 Å². The molecule has 5 heteroatoms. The minimum absolute atomic E-state index is 0.0784. The largest absolute Gasteiger partial charge is 0.355 e. The van der Waals surface area contributed by atoms with E-state index in [1.54, 1.807) is 13.1 Å². The van der Waals surface area contributed by atoms with Gasteiger partial charge in [-0.15, -0.1) is 0 Å². The van der Waals surface area contributed by atoms with Crippen LogP contribution in [-0.4, -0.2) is 13.0 Å². The molecule has 2 N–H and O–H groups in total. The Hall–Kier alpha value is -1.55. The highest BCUT2D eigenvalue weighted by molar-refractivity contribution is 6.42. The Morgan fingerprint density at radius 2 is 1.57 bits per heavy atom. The maximum Gasteiger partial charge on any atom is 0.251 e. The molecule has 0 fully saturated rings. The van der Waals surface area contributed by atoms with Crippen LogP contribution in [0.3, 0.4) is 0 Å². The fourth-order valence-corrected chi connectivity index (χ4v) is 2.24. The number of hydrogen-bond donors (Lipinski definition) is 2. The van der Waals surface area contributed by atoms with Crippen molar-refractivity contribution in [3.63, 3.8) is 0 Å². The molecule has 0 aliphatic carbocycles. The molecule has 0 atom stereocenters. The van der Waals surface area contributed by atoms with Crippen molar-refractivity contribution in [1.29, 1.82) is 0 Å². The van der Waals surface area contributed by atoms with Gasteiger partial charge in [0.15, 0.2) is 0 Å². The van der Waals surface area contributed by atoms with Crippen molar-refractivity contribution in [3.8, 4) is 0 Å². The topological polar surface area (TPSA) is 41.1 Å². The third kappa shape index (κ3) is 4.46. The number of amides is 1. The summed E-state index contributed by atoms with van der Waals surface area (Å²) in [4.78, 5) is 11.4. The van der Waals surface area contributed by atoms with Crippen LogP contribution in [0, 0.1) is 0 Å². The van der Waals surface area contributed by atoms with Crippen LogP contribution in [0.1, 0.15) is 21.5 Å². The van der Waals surface area contributed by atoms with Gasteiger partial charge in [-0.05, 0) is 35.4 Å². The fourth-order valence-electron chi connectivity index (χ4n) is 1.92. The van der Waals surface area contributed by atoms with Crippen molar-refractivity contribution >= 4 is 29.1 Å². The first-order chi connectivity index (χ1) is 10.1. The summed E-state index contributed by atoms with van der Waals surface area (Å²) >= 11 is 11.9. The molecule has 0 aliphatic heterocycles. The van der Waals surface area contributed by atoms with Crippen LogP contribution in [0.25, 0.3) is 0 Å². The number of nitrogens with one attached hydrogen (secondary N) is 2. The average Bonchev–Trinajstić information content (AvgIpc) is 2.51. The second-order valence-electron chi connectivity index (χ2n) is 4.63. The normalized spacial score (nSPS) is 10.4. The molecule has 0 radical (unpaired) electrons. The van der Waals surface area contributed by atoms with Gasteiger partial charge in [0, 0.05) is 25.7 Å². The van der Waals surface area contributed by atoms with Crippen LogP contribution in [0.2, 0.25) is 10.0 Å². The maximum atomic E-state index is 11.4. The third-order valence-electron chi connectivity index (χ3n) is 3.09. The quantitative estimate of drug-likeness (QED) is 0.882. The Morgan fingerprint density at radius 3 is 2.19 bits per heavy atom. The summed E-state index contributed by atoms with van der Waals surface area (Å²) in [6.45, 7) is 1.42. The number of rotatable bonds is 5. The van der Waals surface area contributed by atoms with Crippen molar-refractivity contribution < 1.29 is 4.79 Å². The molecule has 0 bridgehead atoms. The monoisotopic (exact) mass is 322 g/mol. The highest BCUT2D eigenvalue weighted by Crippen LogP contribution is 2.22. The van der Waals surface area contributed by atoms with Crippen LogP contribution in [0.5, 0.6) is 0 Å². The molecule has 2 rings (SSSR count). The van der Waals surface area contributed by atoms with E-state index in [0.717, 1.165) is 11.1 Å². The van der Waals surface area contributed by atoms with Gasteiger partial charge in [0.2, 0.25) is 0 Å². The summed E-state index contributed by atoms with van der Waals surface area (Å²) in [5, 5.41) is 7.04. The van der Waals surface area contributed by atoms with E-state index >= 15 is 0 Å². The molecule has 2 aromatic carbocycles. The van der Waals surface area contributed by atoms with Crippen LogP contribution >= 0.6 is 23.2 Å². The number of carbonyl (C=O) groups excluding carboxylic acids is 1. The SMILES string of the molecule is CNC(=O)c1ccc(CNCc2ccc(Cl)c(Cl)c2)cc1. The minimum atomic E-state index is -0.0784. The standard InChI is InChI=1S/C16H16Cl2N2O/c1-19-16(21)13-5-2-11(3-6-13)9-20-10-12-4-7-14(17)15(18)8-12/h2-8,20H,9-10H2,1H3,(H,19,21). The van der Waals surface area contributed by atoms with Crippen molar-refractivity contribution in [3.05, 3.63) is 69.2 Å². The van der Waals surface area contributed by atoms with Gasteiger partial charge in [0.1, 0.15) is 0 Å². The van der Waals surface area contributed by atoms with Gasteiger partial charge in [-0.1, -0.05) is 41.4 Å². The second-order valence-corrected chi connectivity index (χ2v) is 5.44. The average molecular weight is 323 g/mol. The summed E-state index contributed by atoms with van der Waals surface area (Å²) in [5.41, 5.74) is 2.85. The first-order valence-corrected chi connectivity index (χ1v) is 7.31. The van der Waals surface area contributed by atoms with Crippen molar-refractivity contribution in [2.24, 2.45) is 0 Å². The molecule has 1 amide bonds. The van der Waals surface area contributed by atoms with E-state index in [1.807, 2.05) is 36.4 Å². The van der Waals surface area contributed by atoms with Gasteiger partial charge in [-0.25, -0.2) is 0 Å². The lowest BCUT2D eigenvalue weighted by Gasteiger charge is -2.07. The van der Waals surface area contributed by atoms with Gasteiger partial charge in [-0.3, -0.25) is 4.79 Å². The predicted molar refractivity (Wildman–Crippen MR) is 86.8 cm³/mol. The van der Waals surface area contributed by atoms with Crippen LogP contribution in [-0.2, 0) is 13.1 Å². The first-order valence-electron chi connectivity index (χ1n) is 6.56. The molecule has 0 saturated heterocycles. The van der Waals surface area contributed by atoms with E-state index in [4.69, 9.17) is 23.2 Å². The smallest absolute Gasteiger partial charge is 0.251 e. The van der Waals surface area contributed by atoms with E-state index in [1.165, 1.54) is 0 Å². The van der Waals surface area contributed by atoms with Crippen molar-refractivity contribution in [1.82, 2.24) is 10.6 Å². The molecular formula is C16H16Cl2N2O. The Kier molecular flexibility index (Phi) is 5.62. The first kappa shape index (κ1) is 15.8. The molecule has 0 aromatic heterocycles. The summed E-state index contributed by atoms with van der Waals surface area (Å²) in [6.07, 6.45) is 0. The van der Waals surface area contributed by atoms with Crippen LogP contribution in [0.15, 0.2) is 42.5 Å². The Labute approximate surface area is 134 Å². The minimum Gasteiger partial charge on any atom is -0.355 e. The highest BCUT2D eigenvalue weighted by atomic mass is 35.5. The predicted octanol–water partition coefficient (Wildman–Crippen LogP) is 3.64. The molecule has 2 aromatic rings. The molecule has 0 heterocycles. The molecule has 0 aliphatic rings. The highest BCUT2D eigenvalue weighted by Gasteiger charge is 2.03. The van der Waals surface area contributed by atoms with Crippen molar-refractivity contribution in [2.75, 3.05) is 7.05 Å².